The van der Waals surface area contributed by atoms with E-state index in [2.05, 4.69) is 9.88 Å². The van der Waals surface area contributed by atoms with Gasteiger partial charge in [0.15, 0.2) is 0 Å². The number of benzene rings is 2. The molecule has 2 aromatic carbocycles. The van der Waals surface area contributed by atoms with E-state index in [0.717, 1.165) is 42.3 Å². The minimum absolute atomic E-state index is 0.168. The zero-order valence-electron chi connectivity index (χ0n) is 19.3. The predicted octanol–water partition coefficient (Wildman–Crippen LogP) is 5.34. The Kier molecular flexibility index (Phi) is 7.71. The maximum Gasteiger partial charge on any atom is 0.416 e. The first kappa shape index (κ1) is 25.1. The number of oxazole rings is 1. The Balaban J connectivity index is 1.31. The number of carbonyl (C=O) groups excluding carboxylic acids is 1. The number of thioether (sulfide) groups is 1. The molecular formula is C25H25F3N2O4S. The number of rotatable bonds is 8. The molecule has 1 fully saturated rings. The van der Waals surface area contributed by atoms with Gasteiger partial charge in [-0.25, -0.2) is 4.98 Å². The van der Waals surface area contributed by atoms with E-state index in [4.69, 9.17) is 13.9 Å². The van der Waals surface area contributed by atoms with E-state index in [9.17, 15) is 18.0 Å². The van der Waals surface area contributed by atoms with Crippen molar-refractivity contribution < 1.29 is 31.9 Å². The maximum absolute atomic E-state index is 12.8. The number of methoxy groups -OCH3 is 1. The normalized spacial score (nSPS) is 16.4. The Morgan fingerprint density at radius 1 is 1.17 bits per heavy atom. The summed E-state index contributed by atoms with van der Waals surface area (Å²) in [5.41, 5.74) is 1.44. The summed E-state index contributed by atoms with van der Waals surface area (Å²) >= 11 is 1.73. The minimum atomic E-state index is -4.39. The summed E-state index contributed by atoms with van der Waals surface area (Å²) < 4.78 is 54.7. The Morgan fingerprint density at radius 3 is 2.54 bits per heavy atom. The van der Waals surface area contributed by atoms with Gasteiger partial charge in [-0.3, -0.25) is 9.69 Å². The molecule has 186 valence electrons. The predicted molar refractivity (Wildman–Crippen MR) is 126 cm³/mol. The van der Waals surface area contributed by atoms with E-state index in [0.29, 0.717) is 22.8 Å². The van der Waals surface area contributed by atoms with E-state index in [-0.39, 0.29) is 24.5 Å². The lowest BCUT2D eigenvalue weighted by Gasteiger charge is -2.21. The van der Waals surface area contributed by atoms with Gasteiger partial charge in [0.2, 0.25) is 5.89 Å². The summed E-state index contributed by atoms with van der Waals surface area (Å²) in [5.74, 6) is 2.82. The zero-order chi connectivity index (χ0) is 25.0. The smallest absolute Gasteiger partial charge is 0.416 e. The highest BCUT2D eigenvalue weighted by molar-refractivity contribution is 7.99. The fraction of sp³-hybridized carbons (Fsp3) is 0.360. The number of ether oxygens (including phenoxy) is 2. The number of aryl methyl sites for hydroxylation is 1. The molecule has 0 spiro atoms. The average Bonchev–Trinajstić information content (AvgIpc) is 3.47. The third kappa shape index (κ3) is 6.18. The summed E-state index contributed by atoms with van der Waals surface area (Å²) in [6, 6.07) is 12.2. The molecule has 4 rings (SSSR count). The fourth-order valence-electron chi connectivity index (χ4n) is 3.71. The van der Waals surface area contributed by atoms with Gasteiger partial charge in [0.05, 0.1) is 12.7 Å². The molecule has 1 aromatic heterocycles. The molecule has 0 amide bonds. The van der Waals surface area contributed by atoms with Crippen molar-refractivity contribution in [2.24, 2.45) is 0 Å². The summed E-state index contributed by atoms with van der Waals surface area (Å²) in [4.78, 5) is 18.4. The maximum atomic E-state index is 12.8. The van der Waals surface area contributed by atoms with E-state index in [1.165, 1.54) is 19.2 Å². The third-order valence-electron chi connectivity index (χ3n) is 5.79. The van der Waals surface area contributed by atoms with Crippen LogP contribution in [0.2, 0.25) is 0 Å². The summed E-state index contributed by atoms with van der Waals surface area (Å²) in [5, 5.41) is 0. The Labute approximate surface area is 205 Å². The van der Waals surface area contributed by atoms with Crippen LogP contribution in [0, 0.1) is 6.92 Å². The van der Waals surface area contributed by atoms with E-state index in [1.807, 2.05) is 24.3 Å². The second-order valence-corrected chi connectivity index (χ2v) is 9.13. The van der Waals surface area contributed by atoms with E-state index in [1.54, 1.807) is 18.7 Å². The number of alkyl halides is 3. The molecule has 6 nitrogen and oxygen atoms in total. The van der Waals surface area contributed by atoms with Crippen molar-refractivity contribution in [3.63, 3.8) is 0 Å². The molecule has 0 N–H and O–H groups in total. The van der Waals surface area contributed by atoms with E-state index < -0.39 is 11.7 Å². The summed E-state index contributed by atoms with van der Waals surface area (Å²) in [6.45, 7) is 2.67. The standard InChI is InChI=1S/C25H25F3N2O4S/c1-16-21(29-23(34-16)18-5-7-19(8-6-18)25(26,27)28)13-33-20-9-3-17(4-10-20)11-12-30-15-35-14-22(30)24(31)32-2/h3-10,22H,11-15H2,1-2H3/t22-/m0/s1. The molecule has 0 saturated carbocycles. The van der Waals surface area contributed by atoms with Crippen molar-refractivity contribution in [3.8, 4) is 17.2 Å². The Hall–Kier alpha value is -2.98. The lowest BCUT2D eigenvalue weighted by molar-refractivity contribution is -0.145. The molecule has 0 bridgehead atoms. The van der Waals surface area contributed by atoms with Gasteiger partial charge in [-0.15, -0.1) is 11.8 Å². The molecule has 0 aliphatic carbocycles. The molecule has 1 atom stereocenters. The highest BCUT2D eigenvalue weighted by atomic mass is 32.2. The molecule has 2 heterocycles. The van der Waals surface area contributed by atoms with Crippen LogP contribution in [0.3, 0.4) is 0 Å². The number of nitrogens with zero attached hydrogens (tertiary/aromatic N) is 2. The van der Waals surface area contributed by atoms with E-state index >= 15 is 0 Å². The second kappa shape index (κ2) is 10.7. The molecule has 1 aliphatic heterocycles. The average molecular weight is 507 g/mol. The van der Waals surface area contributed by atoms with Crippen LogP contribution in [0.5, 0.6) is 5.75 Å². The van der Waals surface area contributed by atoms with Gasteiger partial charge in [0.25, 0.3) is 0 Å². The summed E-state index contributed by atoms with van der Waals surface area (Å²) in [6.07, 6.45) is -3.59. The van der Waals surface area contributed by atoms with Gasteiger partial charge >= 0.3 is 12.1 Å². The van der Waals surface area contributed by atoms with Gasteiger partial charge in [-0.1, -0.05) is 12.1 Å². The second-order valence-electron chi connectivity index (χ2n) is 8.13. The van der Waals surface area contributed by atoms with Gasteiger partial charge in [0, 0.05) is 23.7 Å². The number of carbonyl (C=O) groups is 1. The fourth-order valence-corrected chi connectivity index (χ4v) is 4.93. The van der Waals surface area contributed by atoms with Gasteiger partial charge in [-0.2, -0.15) is 13.2 Å². The number of hydrogen-bond donors (Lipinski definition) is 0. The van der Waals surface area contributed by atoms with Crippen LogP contribution >= 0.6 is 11.8 Å². The van der Waals surface area contributed by atoms with Crippen molar-refractivity contribution >= 4 is 17.7 Å². The van der Waals surface area contributed by atoms with Crippen LogP contribution in [-0.4, -0.2) is 47.2 Å². The first-order valence-corrected chi connectivity index (χ1v) is 12.2. The van der Waals surface area contributed by atoms with Gasteiger partial charge in [0.1, 0.15) is 29.9 Å². The molecule has 0 unspecified atom stereocenters. The van der Waals surface area contributed by atoms with Gasteiger partial charge < -0.3 is 13.9 Å². The third-order valence-corrected chi connectivity index (χ3v) is 6.85. The molecule has 1 aliphatic rings. The van der Waals surface area contributed by atoms with Crippen LogP contribution in [0.4, 0.5) is 13.2 Å². The van der Waals surface area contributed by atoms with Crippen molar-refractivity contribution in [1.29, 1.82) is 0 Å². The van der Waals surface area contributed by atoms with Crippen molar-refractivity contribution in [2.75, 3.05) is 25.3 Å². The van der Waals surface area contributed by atoms with Crippen LogP contribution in [0.1, 0.15) is 22.6 Å². The van der Waals surface area contributed by atoms with Crippen molar-refractivity contribution in [1.82, 2.24) is 9.88 Å². The van der Waals surface area contributed by atoms with Crippen molar-refractivity contribution in [3.05, 3.63) is 71.1 Å². The number of halogens is 3. The topological polar surface area (TPSA) is 64.8 Å². The highest BCUT2D eigenvalue weighted by Gasteiger charge is 2.32. The summed E-state index contributed by atoms with van der Waals surface area (Å²) in [7, 11) is 1.41. The van der Waals surface area contributed by atoms with Gasteiger partial charge in [-0.05, 0) is 55.3 Å². The largest absolute Gasteiger partial charge is 0.487 e. The quantitative estimate of drug-likeness (QED) is 0.382. The number of aromatic nitrogens is 1. The molecule has 0 radical (unpaired) electrons. The Bertz CT molecular complexity index is 1150. The number of hydrogen-bond acceptors (Lipinski definition) is 7. The number of esters is 1. The first-order chi connectivity index (χ1) is 16.7. The first-order valence-electron chi connectivity index (χ1n) is 11.0. The molecule has 35 heavy (non-hydrogen) atoms. The molecule has 1 saturated heterocycles. The SMILES string of the molecule is COC(=O)[C@@H]1CSCN1CCc1ccc(OCc2nc(-c3ccc(C(F)(F)F)cc3)oc2C)cc1. The van der Waals surface area contributed by atoms with Crippen LogP contribution in [0.25, 0.3) is 11.5 Å². The minimum Gasteiger partial charge on any atom is -0.487 e. The van der Waals surface area contributed by atoms with Crippen LogP contribution in [-0.2, 0) is 28.7 Å². The molecule has 3 aromatic rings. The zero-order valence-corrected chi connectivity index (χ0v) is 20.1. The van der Waals surface area contributed by atoms with Crippen LogP contribution in [0.15, 0.2) is 52.9 Å². The lowest BCUT2D eigenvalue weighted by atomic mass is 10.1. The lowest BCUT2D eigenvalue weighted by Crippen LogP contribution is -2.39. The highest BCUT2D eigenvalue weighted by Crippen LogP contribution is 2.31. The molecular weight excluding hydrogens is 481 g/mol. The van der Waals surface area contributed by atoms with Crippen LogP contribution < -0.4 is 4.74 Å². The monoisotopic (exact) mass is 506 g/mol. The Morgan fingerprint density at radius 2 is 1.89 bits per heavy atom. The molecule has 10 heteroatoms. The van der Waals surface area contributed by atoms with Crippen molar-refractivity contribution in [2.45, 2.75) is 32.2 Å².